The summed E-state index contributed by atoms with van der Waals surface area (Å²) >= 11 is 0. The summed E-state index contributed by atoms with van der Waals surface area (Å²) in [7, 11) is -2.47. The second-order valence-electron chi connectivity index (χ2n) is 25.6. The van der Waals surface area contributed by atoms with Crippen molar-refractivity contribution in [3.05, 3.63) is 72.9 Å². The second kappa shape index (κ2) is 24.7. The molecule has 6 nitrogen and oxygen atoms in total. The molecule has 18 unspecified atom stereocenters. The molecular weight excluding hydrogens is 1070 g/mol. The molecule has 19 heteroatoms. The van der Waals surface area contributed by atoms with E-state index in [-0.39, 0.29) is 37.0 Å². The average molecular weight is 1160 g/mol. The lowest BCUT2D eigenvalue weighted by molar-refractivity contribution is -0.387. The van der Waals surface area contributed by atoms with Gasteiger partial charge in [0.05, 0.1) is 5.60 Å². The third kappa shape index (κ3) is 14.1. The maximum absolute atomic E-state index is 12.6. The number of halogens is 12. The van der Waals surface area contributed by atoms with Crippen LogP contribution in [0.5, 0.6) is 0 Å². The average Bonchev–Trinajstić information content (AvgIpc) is 4.26. The molecule has 6 fully saturated rings. The van der Waals surface area contributed by atoms with E-state index in [1.54, 1.807) is 12.2 Å². The van der Waals surface area contributed by atoms with Crippen LogP contribution in [0.15, 0.2) is 72.9 Å². The molecule has 0 aromatic carbocycles. The third-order valence-electron chi connectivity index (χ3n) is 19.8. The number of allylic oxidation sites excluding steroid dienone is 12. The highest BCUT2D eigenvalue weighted by atomic mass is 28.4. The van der Waals surface area contributed by atoms with Gasteiger partial charge in [0.1, 0.15) is 0 Å². The van der Waals surface area contributed by atoms with Crippen LogP contribution in [0.3, 0.4) is 0 Å². The highest BCUT2D eigenvalue weighted by molar-refractivity contribution is 6.62. The Balaban J connectivity index is 0.000000140. The number of hydrogen-bond acceptors (Lipinski definition) is 6. The zero-order chi connectivity index (χ0) is 58.3. The van der Waals surface area contributed by atoms with Gasteiger partial charge in [0.2, 0.25) is 0 Å². The van der Waals surface area contributed by atoms with Gasteiger partial charge in [-0.1, -0.05) is 86.8 Å². The zero-order valence-electron chi connectivity index (χ0n) is 46.7. The van der Waals surface area contributed by atoms with Crippen molar-refractivity contribution in [2.24, 2.45) is 101 Å². The topological polar surface area (TPSA) is 88.4 Å². The zero-order valence-corrected chi connectivity index (χ0v) is 47.7. The first-order chi connectivity index (χ1) is 36.7. The quantitative estimate of drug-likeness (QED) is 0.109. The molecule has 79 heavy (non-hydrogen) atoms. The Hall–Kier alpha value is -2.42. The standard InChI is InChI=1S/C13H24O3Si.C11H12F6O.C10H10F6O.C10H16O.2C8H12/c1-4-14-17(15-5-2,16-6-3)13-10-11-7-8-12(13)9-11;12-10(13,14)9(18,11(15,16)17)5-8-4-6-1-2-7(8)3-6;11-9(12,13)8(17,10(14,15)16)7-4-5-1-2-6(7)3-5;1-10(2,11)9-6-7-3-4-8(9)5-7;2*1-6-4-7-2-3-8(6)5-7/h7-8,11-13H,4-6,9-10H2,1-3H3;1-2,6-8,18H,3-5H2;1-2,5-7,17H,3-4H2;3-4,7-9,11H,5-6H2,1-2H3;2*2-3,6-8H,4-5H2,1H3. The van der Waals surface area contributed by atoms with Crippen LogP contribution in [0.1, 0.15) is 132 Å². The molecule has 12 rings (SSSR count). The van der Waals surface area contributed by atoms with E-state index in [0.29, 0.717) is 49.5 Å². The van der Waals surface area contributed by atoms with Crippen molar-refractivity contribution in [2.75, 3.05) is 19.8 Å². The minimum Gasteiger partial charge on any atom is -0.390 e. The summed E-state index contributed by atoms with van der Waals surface area (Å²) in [5, 5.41) is 28.1. The first-order valence-corrected chi connectivity index (χ1v) is 30.9. The molecule has 12 bridgehead atoms. The maximum Gasteiger partial charge on any atom is 0.504 e. The Bertz CT molecular complexity index is 2120. The summed E-state index contributed by atoms with van der Waals surface area (Å²) in [6, 6.07) is 0. The molecule has 12 aliphatic rings. The monoisotopic (exact) mass is 1160 g/mol. The van der Waals surface area contributed by atoms with Crippen LogP contribution >= 0.6 is 0 Å². The van der Waals surface area contributed by atoms with E-state index in [1.165, 1.54) is 57.4 Å². The Labute approximate surface area is 461 Å². The number of alkyl halides is 12. The lowest BCUT2D eigenvalue weighted by atomic mass is 9.77. The smallest absolute Gasteiger partial charge is 0.390 e. The van der Waals surface area contributed by atoms with Crippen molar-refractivity contribution >= 4 is 8.80 Å². The lowest BCUT2D eigenvalue weighted by Crippen LogP contribution is -2.62. The molecule has 6 saturated carbocycles. The minimum atomic E-state index is -5.70. The van der Waals surface area contributed by atoms with Crippen LogP contribution in [-0.2, 0) is 13.3 Å². The van der Waals surface area contributed by atoms with E-state index in [2.05, 4.69) is 62.5 Å². The molecule has 0 amide bonds. The van der Waals surface area contributed by atoms with Crippen LogP contribution in [0.25, 0.3) is 0 Å². The molecule has 0 radical (unpaired) electrons. The Kier molecular flexibility index (Phi) is 20.0. The Morgan fingerprint density at radius 2 is 0.722 bits per heavy atom. The minimum absolute atomic E-state index is 0.0608. The molecule has 0 spiro atoms. The summed E-state index contributed by atoms with van der Waals surface area (Å²) in [5.41, 5.74) is -9.17. The van der Waals surface area contributed by atoms with Gasteiger partial charge in [0.25, 0.3) is 11.2 Å². The molecule has 12 aliphatic carbocycles. The predicted molar refractivity (Wildman–Crippen MR) is 280 cm³/mol. The highest BCUT2D eigenvalue weighted by Gasteiger charge is 2.76. The molecule has 18 atom stereocenters. The van der Waals surface area contributed by atoms with Gasteiger partial charge in [-0.15, -0.1) is 0 Å². The van der Waals surface area contributed by atoms with Crippen molar-refractivity contribution in [3.8, 4) is 0 Å². The van der Waals surface area contributed by atoms with Gasteiger partial charge < -0.3 is 28.6 Å². The van der Waals surface area contributed by atoms with E-state index < -0.39 is 74.5 Å². The van der Waals surface area contributed by atoms with Crippen molar-refractivity contribution in [1.29, 1.82) is 0 Å². The van der Waals surface area contributed by atoms with E-state index in [1.807, 2.05) is 40.7 Å². The lowest BCUT2D eigenvalue weighted by Gasteiger charge is -2.39. The third-order valence-corrected chi connectivity index (χ3v) is 23.4. The van der Waals surface area contributed by atoms with Gasteiger partial charge >= 0.3 is 33.5 Å². The number of hydrogen-bond donors (Lipinski definition) is 3. The molecule has 0 saturated heterocycles. The molecule has 0 aromatic heterocycles. The molecule has 450 valence electrons. The summed E-state index contributed by atoms with van der Waals surface area (Å²) in [4.78, 5) is 0. The fourth-order valence-corrected chi connectivity index (χ4v) is 19.1. The molecular formula is C60H86F12O6Si. The Morgan fingerprint density at radius 1 is 0.392 bits per heavy atom. The molecule has 0 heterocycles. The van der Waals surface area contributed by atoms with E-state index in [4.69, 9.17) is 18.4 Å². The highest BCUT2D eigenvalue weighted by Crippen LogP contribution is 2.59. The van der Waals surface area contributed by atoms with Crippen LogP contribution in [0.4, 0.5) is 52.7 Å². The van der Waals surface area contributed by atoms with Gasteiger partial charge in [-0.25, -0.2) is 0 Å². The molecule has 3 N–H and O–H groups in total. The summed E-state index contributed by atoms with van der Waals surface area (Å²) in [6.07, 6.45) is 12.9. The first kappa shape index (κ1) is 64.1. The van der Waals surface area contributed by atoms with Crippen LogP contribution in [0, 0.1) is 101 Å². The largest absolute Gasteiger partial charge is 0.504 e. The van der Waals surface area contributed by atoms with Gasteiger partial charge in [0, 0.05) is 31.3 Å². The number of fused-ring (bicyclic) bond motifs is 12. The fourth-order valence-electron chi connectivity index (χ4n) is 15.7. The Morgan fingerprint density at radius 3 is 0.937 bits per heavy atom. The first-order valence-electron chi connectivity index (χ1n) is 29.1. The van der Waals surface area contributed by atoms with Crippen molar-refractivity contribution in [3.63, 3.8) is 0 Å². The SMILES string of the molecule is CC(C)(O)C1CC2C=CC1C2.CC1CC2C=CC1C2.CC1CC2C=CC1C2.CCO[Si](OCC)(OCC)C1CC2C=CC1C2.OC(C1CC2C=CC1C2)(C(F)(F)F)C(F)(F)F.OC(CC1CC2C=CC1C2)(C(F)(F)F)C(F)(F)F. The molecule has 0 aliphatic heterocycles. The van der Waals surface area contributed by atoms with Gasteiger partial charge in [-0.2, -0.15) is 52.7 Å². The predicted octanol–water partition coefficient (Wildman–Crippen LogP) is 15.9. The van der Waals surface area contributed by atoms with Gasteiger partial charge in [0.15, 0.2) is 0 Å². The van der Waals surface area contributed by atoms with Crippen molar-refractivity contribution in [2.45, 2.75) is 179 Å². The normalized spacial score (nSPS) is 37.4. The van der Waals surface area contributed by atoms with Crippen molar-refractivity contribution < 1.29 is 81.3 Å². The summed E-state index contributed by atoms with van der Waals surface area (Å²) in [6.45, 7) is 16.8. The molecule has 0 aromatic rings. The van der Waals surface area contributed by atoms with Gasteiger partial charge in [-0.3, -0.25) is 0 Å². The van der Waals surface area contributed by atoms with E-state index in [9.17, 15) is 62.9 Å². The van der Waals surface area contributed by atoms with Crippen LogP contribution < -0.4 is 0 Å². The fraction of sp³-hybridized carbons (Fsp3) is 0.800. The summed E-state index contributed by atoms with van der Waals surface area (Å²) < 4.78 is 169. The second-order valence-corrected chi connectivity index (χ2v) is 28.4. The van der Waals surface area contributed by atoms with Crippen molar-refractivity contribution in [1.82, 2.24) is 0 Å². The number of aliphatic hydroxyl groups is 3. The van der Waals surface area contributed by atoms with Crippen LogP contribution in [0.2, 0.25) is 5.54 Å². The number of rotatable bonds is 11. The van der Waals surface area contributed by atoms with E-state index >= 15 is 0 Å². The van der Waals surface area contributed by atoms with Gasteiger partial charge in [-0.05, 0) is 213 Å². The van der Waals surface area contributed by atoms with E-state index in [0.717, 1.165) is 47.3 Å². The maximum atomic E-state index is 12.6. The van der Waals surface area contributed by atoms with Crippen LogP contribution in [-0.4, -0.2) is 85.5 Å². The summed E-state index contributed by atoms with van der Waals surface area (Å²) in [5.74, 6) is 5.24.